The second kappa shape index (κ2) is 5.21. The van der Waals surface area contributed by atoms with Crippen LogP contribution in [0.4, 0.5) is 0 Å². The fraction of sp³-hybridized carbons (Fsp3) is 0.118. The van der Waals surface area contributed by atoms with E-state index in [4.69, 9.17) is 5.73 Å². The molecule has 2 aromatic carbocycles. The largest absolute Gasteiger partial charge is 0.324 e. The van der Waals surface area contributed by atoms with Crippen molar-refractivity contribution in [1.82, 2.24) is 4.98 Å². The molecular weight excluding hydrogens is 232 g/mol. The summed E-state index contributed by atoms with van der Waals surface area (Å²) in [5, 5.41) is 1.14. The molecule has 1 aromatic heterocycles. The van der Waals surface area contributed by atoms with Crippen LogP contribution in [-0.4, -0.2) is 4.98 Å². The van der Waals surface area contributed by atoms with E-state index < -0.39 is 0 Å². The lowest BCUT2D eigenvalue weighted by Crippen LogP contribution is -2.13. The van der Waals surface area contributed by atoms with Gasteiger partial charge in [-0.3, -0.25) is 4.98 Å². The number of pyridine rings is 1. The molecule has 0 spiro atoms. The summed E-state index contributed by atoms with van der Waals surface area (Å²) in [6.45, 7) is 0. The predicted molar refractivity (Wildman–Crippen MR) is 78.8 cm³/mol. The molecule has 0 fully saturated rings. The van der Waals surface area contributed by atoms with Gasteiger partial charge in [0.05, 0.1) is 5.52 Å². The third-order valence-corrected chi connectivity index (χ3v) is 3.34. The van der Waals surface area contributed by atoms with E-state index in [1.165, 1.54) is 5.56 Å². The Kier molecular flexibility index (Phi) is 3.25. The van der Waals surface area contributed by atoms with Crippen LogP contribution < -0.4 is 5.73 Å². The Labute approximate surface area is 112 Å². The molecule has 1 atom stereocenters. The quantitative estimate of drug-likeness (QED) is 0.770. The van der Waals surface area contributed by atoms with Crippen molar-refractivity contribution in [3.8, 4) is 0 Å². The van der Waals surface area contributed by atoms with Crippen LogP contribution in [0.3, 0.4) is 0 Å². The second-order valence-corrected chi connectivity index (χ2v) is 4.76. The highest BCUT2D eigenvalue weighted by Gasteiger charge is 2.08. The van der Waals surface area contributed by atoms with Gasteiger partial charge in [0.1, 0.15) is 0 Å². The zero-order valence-electron chi connectivity index (χ0n) is 10.7. The van der Waals surface area contributed by atoms with Gasteiger partial charge in [-0.05, 0) is 29.7 Å². The minimum atomic E-state index is -0.0143. The molecule has 0 aliphatic carbocycles. The highest BCUT2D eigenvalue weighted by atomic mass is 14.7. The van der Waals surface area contributed by atoms with E-state index in [-0.39, 0.29) is 6.04 Å². The molecule has 3 rings (SSSR count). The molecule has 1 heterocycles. The molecule has 0 saturated carbocycles. The first-order valence-corrected chi connectivity index (χ1v) is 6.47. The van der Waals surface area contributed by atoms with Crippen molar-refractivity contribution in [1.29, 1.82) is 0 Å². The van der Waals surface area contributed by atoms with Gasteiger partial charge in [-0.25, -0.2) is 0 Å². The Bertz CT molecular complexity index is 677. The van der Waals surface area contributed by atoms with Gasteiger partial charge in [0.2, 0.25) is 0 Å². The summed E-state index contributed by atoms with van der Waals surface area (Å²) < 4.78 is 0. The molecule has 0 aliphatic heterocycles. The topological polar surface area (TPSA) is 38.9 Å². The highest BCUT2D eigenvalue weighted by molar-refractivity contribution is 5.78. The lowest BCUT2D eigenvalue weighted by Gasteiger charge is -2.12. The standard InChI is InChI=1S/C17H16N2/c18-16(10-13-6-2-1-3-7-13)15-11-14-8-4-5-9-17(14)19-12-15/h1-9,11-12,16H,10,18H2. The van der Waals surface area contributed by atoms with Crippen molar-refractivity contribution >= 4 is 10.9 Å². The zero-order chi connectivity index (χ0) is 13.1. The first-order valence-electron chi connectivity index (χ1n) is 6.47. The van der Waals surface area contributed by atoms with E-state index in [1.54, 1.807) is 0 Å². The molecule has 94 valence electrons. The van der Waals surface area contributed by atoms with Crippen LogP contribution >= 0.6 is 0 Å². The van der Waals surface area contributed by atoms with E-state index in [1.807, 2.05) is 42.6 Å². The molecule has 3 aromatic rings. The Morgan fingerprint density at radius 2 is 1.68 bits per heavy atom. The summed E-state index contributed by atoms with van der Waals surface area (Å²) in [6.07, 6.45) is 2.72. The summed E-state index contributed by atoms with van der Waals surface area (Å²) in [6, 6.07) is 20.5. The number of benzene rings is 2. The molecule has 2 N–H and O–H groups in total. The minimum absolute atomic E-state index is 0.0143. The summed E-state index contributed by atoms with van der Waals surface area (Å²) in [5.41, 5.74) is 9.63. The zero-order valence-corrected chi connectivity index (χ0v) is 10.7. The van der Waals surface area contributed by atoms with Gasteiger partial charge in [-0.1, -0.05) is 48.5 Å². The van der Waals surface area contributed by atoms with E-state index in [9.17, 15) is 0 Å². The maximum Gasteiger partial charge on any atom is 0.0702 e. The Morgan fingerprint density at radius 3 is 2.53 bits per heavy atom. The number of nitrogens with two attached hydrogens (primary N) is 1. The van der Waals surface area contributed by atoms with Crippen molar-refractivity contribution in [3.05, 3.63) is 78.0 Å². The fourth-order valence-electron chi connectivity index (χ4n) is 2.28. The van der Waals surface area contributed by atoms with Crippen LogP contribution in [0.1, 0.15) is 17.2 Å². The van der Waals surface area contributed by atoms with Gasteiger partial charge in [0.25, 0.3) is 0 Å². The van der Waals surface area contributed by atoms with E-state index >= 15 is 0 Å². The number of fused-ring (bicyclic) bond motifs is 1. The number of aromatic nitrogens is 1. The minimum Gasteiger partial charge on any atom is -0.324 e. The van der Waals surface area contributed by atoms with Gasteiger partial charge >= 0.3 is 0 Å². The Hall–Kier alpha value is -2.19. The number of nitrogens with zero attached hydrogens (tertiary/aromatic N) is 1. The van der Waals surface area contributed by atoms with Crippen molar-refractivity contribution in [2.24, 2.45) is 5.73 Å². The number of para-hydroxylation sites is 1. The molecular formula is C17H16N2. The fourth-order valence-corrected chi connectivity index (χ4v) is 2.28. The maximum atomic E-state index is 6.28. The maximum absolute atomic E-state index is 6.28. The molecule has 0 radical (unpaired) electrons. The molecule has 0 aliphatic rings. The van der Waals surface area contributed by atoms with Crippen LogP contribution in [0.15, 0.2) is 66.9 Å². The van der Waals surface area contributed by atoms with Crippen LogP contribution in [0.5, 0.6) is 0 Å². The molecule has 0 amide bonds. The lowest BCUT2D eigenvalue weighted by atomic mass is 10.00. The van der Waals surface area contributed by atoms with Gasteiger partial charge in [0, 0.05) is 17.6 Å². The molecule has 2 nitrogen and oxygen atoms in total. The van der Waals surface area contributed by atoms with Crippen molar-refractivity contribution in [2.45, 2.75) is 12.5 Å². The summed E-state index contributed by atoms with van der Waals surface area (Å²) in [4.78, 5) is 4.46. The smallest absolute Gasteiger partial charge is 0.0702 e. The van der Waals surface area contributed by atoms with Crippen LogP contribution in [-0.2, 0) is 6.42 Å². The number of hydrogen-bond donors (Lipinski definition) is 1. The first kappa shape index (κ1) is 11.9. The van der Waals surface area contributed by atoms with E-state index in [2.05, 4.69) is 29.2 Å². The molecule has 1 unspecified atom stereocenters. The average molecular weight is 248 g/mol. The number of rotatable bonds is 3. The van der Waals surface area contributed by atoms with Gasteiger partial charge in [0.15, 0.2) is 0 Å². The summed E-state index contributed by atoms with van der Waals surface area (Å²) >= 11 is 0. The van der Waals surface area contributed by atoms with Crippen molar-refractivity contribution in [3.63, 3.8) is 0 Å². The van der Waals surface area contributed by atoms with Crippen molar-refractivity contribution in [2.75, 3.05) is 0 Å². The monoisotopic (exact) mass is 248 g/mol. The Morgan fingerprint density at radius 1 is 0.947 bits per heavy atom. The van der Waals surface area contributed by atoms with E-state index in [0.717, 1.165) is 22.9 Å². The van der Waals surface area contributed by atoms with Crippen molar-refractivity contribution < 1.29 is 0 Å². The van der Waals surface area contributed by atoms with Gasteiger partial charge in [-0.15, -0.1) is 0 Å². The van der Waals surface area contributed by atoms with E-state index in [0.29, 0.717) is 0 Å². The van der Waals surface area contributed by atoms with Crippen LogP contribution in [0.25, 0.3) is 10.9 Å². The number of hydrogen-bond acceptors (Lipinski definition) is 2. The normalized spacial score (nSPS) is 12.5. The van der Waals surface area contributed by atoms with Crippen LogP contribution in [0.2, 0.25) is 0 Å². The summed E-state index contributed by atoms with van der Waals surface area (Å²) in [7, 11) is 0. The SMILES string of the molecule is NC(Cc1ccccc1)c1cnc2ccccc2c1. The third kappa shape index (κ3) is 2.64. The summed E-state index contributed by atoms with van der Waals surface area (Å²) in [5.74, 6) is 0. The molecule has 0 saturated heterocycles. The second-order valence-electron chi connectivity index (χ2n) is 4.76. The first-order chi connectivity index (χ1) is 9.33. The lowest BCUT2D eigenvalue weighted by molar-refractivity contribution is 0.720. The average Bonchev–Trinajstić information content (AvgIpc) is 2.48. The van der Waals surface area contributed by atoms with Gasteiger partial charge in [-0.2, -0.15) is 0 Å². The highest BCUT2D eigenvalue weighted by Crippen LogP contribution is 2.19. The van der Waals surface area contributed by atoms with Gasteiger partial charge < -0.3 is 5.73 Å². The predicted octanol–water partition coefficient (Wildman–Crippen LogP) is 3.48. The Balaban J connectivity index is 1.87. The molecule has 19 heavy (non-hydrogen) atoms. The molecule has 2 heteroatoms. The van der Waals surface area contributed by atoms with Crippen LogP contribution in [0, 0.1) is 0 Å². The third-order valence-electron chi connectivity index (χ3n) is 3.34. The molecule has 0 bridgehead atoms.